The van der Waals surface area contributed by atoms with Crippen molar-refractivity contribution in [2.45, 2.75) is 13.0 Å². The summed E-state index contributed by atoms with van der Waals surface area (Å²) in [5, 5.41) is 9.62. The smallest absolute Gasteiger partial charge is 0.120 e. The Balaban J connectivity index is 2.51. The van der Waals surface area contributed by atoms with Gasteiger partial charge in [0.05, 0.1) is 0 Å². The van der Waals surface area contributed by atoms with Gasteiger partial charge in [-0.05, 0) is 31.2 Å². The quantitative estimate of drug-likeness (QED) is 0.459. The highest BCUT2D eigenvalue weighted by atomic mass is 16.3. The molecule has 1 aliphatic heterocycles. The summed E-state index contributed by atoms with van der Waals surface area (Å²) in [6.45, 7) is 1.81. The summed E-state index contributed by atoms with van der Waals surface area (Å²) in [6, 6.07) is 3.45. The number of anilines is 1. The third-order valence-corrected chi connectivity index (χ3v) is 2.61. The van der Waals surface area contributed by atoms with Gasteiger partial charge in [0, 0.05) is 24.3 Å². The van der Waals surface area contributed by atoms with Crippen molar-refractivity contribution >= 4 is 5.69 Å². The third-order valence-electron chi connectivity index (χ3n) is 2.61. The molecule has 0 unspecified atom stereocenters. The minimum absolute atomic E-state index is 0.371. The zero-order chi connectivity index (χ0) is 9.42. The number of hydrogen-bond acceptors (Lipinski definition) is 3. The number of benzene rings is 1. The molecule has 0 aromatic heterocycles. The molecule has 2 rings (SSSR count). The van der Waals surface area contributed by atoms with Gasteiger partial charge in [-0.2, -0.15) is 0 Å². The SMILES string of the molecule is CN1CCc2c(N)ccc(O)c2C1. The standard InChI is InChI=1S/C10H14N2O/c1-12-5-4-7-8(6-12)10(13)3-2-9(7)11/h2-3,13H,4-6,11H2,1H3. The van der Waals surface area contributed by atoms with Crippen LogP contribution in [0.2, 0.25) is 0 Å². The Morgan fingerprint density at radius 3 is 2.92 bits per heavy atom. The lowest BCUT2D eigenvalue weighted by atomic mass is 9.97. The molecule has 3 nitrogen and oxygen atoms in total. The molecule has 0 aliphatic carbocycles. The summed E-state index contributed by atoms with van der Waals surface area (Å²) in [5.74, 6) is 0.371. The van der Waals surface area contributed by atoms with Crippen LogP contribution in [0, 0.1) is 0 Å². The van der Waals surface area contributed by atoms with Crippen LogP contribution in [-0.4, -0.2) is 23.6 Å². The van der Waals surface area contributed by atoms with Crippen LogP contribution in [0.1, 0.15) is 11.1 Å². The molecule has 13 heavy (non-hydrogen) atoms. The highest BCUT2D eigenvalue weighted by Gasteiger charge is 2.18. The topological polar surface area (TPSA) is 49.5 Å². The summed E-state index contributed by atoms with van der Waals surface area (Å²) in [4.78, 5) is 2.18. The number of rotatable bonds is 0. The van der Waals surface area contributed by atoms with Crippen LogP contribution in [0.5, 0.6) is 5.75 Å². The van der Waals surface area contributed by atoms with Crippen LogP contribution in [0.25, 0.3) is 0 Å². The maximum absolute atomic E-state index is 9.62. The zero-order valence-electron chi connectivity index (χ0n) is 7.75. The molecule has 1 aromatic rings. The normalized spacial score (nSPS) is 17.0. The zero-order valence-corrected chi connectivity index (χ0v) is 7.75. The number of fused-ring (bicyclic) bond motifs is 1. The van der Waals surface area contributed by atoms with Gasteiger partial charge in [0.1, 0.15) is 5.75 Å². The van der Waals surface area contributed by atoms with E-state index in [1.54, 1.807) is 12.1 Å². The fourth-order valence-corrected chi connectivity index (χ4v) is 1.82. The van der Waals surface area contributed by atoms with Crippen molar-refractivity contribution in [2.24, 2.45) is 0 Å². The molecule has 0 saturated heterocycles. The van der Waals surface area contributed by atoms with Crippen LogP contribution in [-0.2, 0) is 13.0 Å². The van der Waals surface area contributed by atoms with Crippen molar-refractivity contribution in [3.8, 4) is 5.75 Å². The number of nitrogens with two attached hydrogens (primary N) is 1. The summed E-state index contributed by atoms with van der Waals surface area (Å²) >= 11 is 0. The lowest BCUT2D eigenvalue weighted by molar-refractivity contribution is 0.305. The molecule has 0 saturated carbocycles. The van der Waals surface area contributed by atoms with E-state index in [9.17, 15) is 5.11 Å². The van der Waals surface area contributed by atoms with Gasteiger partial charge in [-0.1, -0.05) is 0 Å². The molecule has 3 N–H and O–H groups in total. The first-order chi connectivity index (χ1) is 6.18. The van der Waals surface area contributed by atoms with Gasteiger partial charge in [-0.15, -0.1) is 0 Å². The van der Waals surface area contributed by atoms with Gasteiger partial charge in [-0.25, -0.2) is 0 Å². The molecular formula is C10H14N2O. The molecule has 0 fully saturated rings. The molecule has 0 atom stereocenters. The predicted molar refractivity (Wildman–Crippen MR) is 52.6 cm³/mol. The van der Waals surface area contributed by atoms with Gasteiger partial charge in [0.2, 0.25) is 0 Å². The van der Waals surface area contributed by atoms with Gasteiger partial charge >= 0.3 is 0 Å². The summed E-state index contributed by atoms with van der Waals surface area (Å²) in [6.07, 6.45) is 0.937. The van der Waals surface area contributed by atoms with E-state index >= 15 is 0 Å². The molecule has 1 heterocycles. The Bertz CT molecular complexity index is 336. The Hall–Kier alpha value is -1.22. The maximum Gasteiger partial charge on any atom is 0.120 e. The van der Waals surface area contributed by atoms with E-state index in [-0.39, 0.29) is 0 Å². The van der Waals surface area contributed by atoms with Crippen LogP contribution < -0.4 is 5.73 Å². The Labute approximate surface area is 77.8 Å². The molecule has 3 heteroatoms. The third kappa shape index (κ3) is 1.35. The fraction of sp³-hybridized carbons (Fsp3) is 0.400. The minimum atomic E-state index is 0.371. The van der Waals surface area contributed by atoms with Crippen LogP contribution >= 0.6 is 0 Å². The first kappa shape index (κ1) is 8.38. The second-order valence-corrected chi connectivity index (χ2v) is 3.62. The monoisotopic (exact) mass is 178 g/mol. The molecule has 0 radical (unpaired) electrons. The summed E-state index contributed by atoms with van der Waals surface area (Å²) in [5.41, 5.74) is 8.75. The molecule has 0 bridgehead atoms. The second kappa shape index (κ2) is 2.92. The van der Waals surface area contributed by atoms with E-state index in [4.69, 9.17) is 5.73 Å². The van der Waals surface area contributed by atoms with Crippen molar-refractivity contribution < 1.29 is 5.11 Å². The number of hydrogen-bond donors (Lipinski definition) is 2. The van der Waals surface area contributed by atoms with Crippen LogP contribution in [0.4, 0.5) is 5.69 Å². The average molecular weight is 178 g/mol. The van der Waals surface area contributed by atoms with E-state index in [2.05, 4.69) is 4.90 Å². The van der Waals surface area contributed by atoms with E-state index in [1.807, 2.05) is 7.05 Å². The molecule has 70 valence electrons. The van der Waals surface area contributed by atoms with E-state index < -0.39 is 0 Å². The van der Waals surface area contributed by atoms with E-state index in [0.717, 1.165) is 36.3 Å². The molecule has 0 amide bonds. The Morgan fingerprint density at radius 2 is 2.15 bits per heavy atom. The highest BCUT2D eigenvalue weighted by molar-refractivity contribution is 5.56. The number of nitrogens with zero attached hydrogens (tertiary/aromatic N) is 1. The predicted octanol–water partition coefficient (Wildman–Crippen LogP) is 0.962. The van der Waals surface area contributed by atoms with Crippen molar-refractivity contribution in [3.63, 3.8) is 0 Å². The average Bonchev–Trinajstić information content (AvgIpc) is 2.12. The fourth-order valence-electron chi connectivity index (χ4n) is 1.82. The largest absolute Gasteiger partial charge is 0.508 e. The summed E-state index contributed by atoms with van der Waals surface area (Å²) < 4.78 is 0. The van der Waals surface area contributed by atoms with E-state index in [0.29, 0.717) is 5.75 Å². The number of likely N-dealkylation sites (N-methyl/N-ethyl adjacent to an activating group) is 1. The van der Waals surface area contributed by atoms with Crippen LogP contribution in [0.15, 0.2) is 12.1 Å². The Kier molecular flexibility index (Phi) is 1.88. The van der Waals surface area contributed by atoms with Crippen molar-refractivity contribution in [1.29, 1.82) is 0 Å². The minimum Gasteiger partial charge on any atom is -0.508 e. The number of phenols is 1. The van der Waals surface area contributed by atoms with Crippen molar-refractivity contribution in [3.05, 3.63) is 23.3 Å². The molecular weight excluding hydrogens is 164 g/mol. The molecule has 0 spiro atoms. The van der Waals surface area contributed by atoms with Gasteiger partial charge in [0.25, 0.3) is 0 Å². The molecule has 1 aromatic carbocycles. The highest BCUT2D eigenvalue weighted by Crippen LogP contribution is 2.30. The number of aromatic hydroxyl groups is 1. The summed E-state index contributed by atoms with van der Waals surface area (Å²) in [7, 11) is 2.05. The first-order valence-corrected chi connectivity index (χ1v) is 4.46. The number of nitrogen functional groups attached to an aromatic ring is 1. The lowest BCUT2D eigenvalue weighted by Crippen LogP contribution is -2.27. The first-order valence-electron chi connectivity index (χ1n) is 4.46. The van der Waals surface area contributed by atoms with Crippen molar-refractivity contribution in [2.75, 3.05) is 19.3 Å². The second-order valence-electron chi connectivity index (χ2n) is 3.62. The maximum atomic E-state index is 9.62. The van der Waals surface area contributed by atoms with Crippen molar-refractivity contribution in [1.82, 2.24) is 4.90 Å². The Morgan fingerprint density at radius 1 is 1.38 bits per heavy atom. The van der Waals surface area contributed by atoms with Crippen LogP contribution in [0.3, 0.4) is 0 Å². The lowest BCUT2D eigenvalue weighted by Gasteiger charge is -2.26. The van der Waals surface area contributed by atoms with Gasteiger partial charge < -0.3 is 15.7 Å². The van der Waals surface area contributed by atoms with Gasteiger partial charge in [-0.3, -0.25) is 0 Å². The molecule has 1 aliphatic rings. The van der Waals surface area contributed by atoms with E-state index in [1.165, 1.54) is 0 Å². The number of phenolic OH excluding ortho intramolecular Hbond substituents is 1. The van der Waals surface area contributed by atoms with Gasteiger partial charge in [0.15, 0.2) is 0 Å².